The van der Waals surface area contributed by atoms with Gasteiger partial charge in [-0.1, -0.05) is 93.9 Å². The number of hydrogen-bond donors (Lipinski definition) is 3. The van der Waals surface area contributed by atoms with Crippen LogP contribution in [0.4, 0.5) is 0 Å². The van der Waals surface area contributed by atoms with Crippen molar-refractivity contribution >= 4 is 19.7 Å². The van der Waals surface area contributed by atoms with Gasteiger partial charge in [0.05, 0.1) is 13.2 Å². The van der Waals surface area contributed by atoms with Crippen molar-refractivity contribution in [2.75, 3.05) is 26.4 Å². The van der Waals surface area contributed by atoms with Crippen LogP contribution in [0.25, 0.3) is 0 Å². The van der Waals surface area contributed by atoms with Crippen LogP contribution in [0.2, 0.25) is 0 Å². The highest BCUT2D eigenvalue weighted by atomic mass is 31.2. The van der Waals surface area contributed by atoms with Crippen molar-refractivity contribution in [2.45, 2.75) is 103 Å². The third-order valence-corrected chi connectivity index (χ3v) is 6.70. The zero-order valence-electron chi connectivity index (χ0n) is 25.7. The lowest BCUT2D eigenvalue weighted by atomic mass is 10.2. The molecule has 0 aromatic heterocycles. The molecule has 0 spiro atoms. The Morgan fingerprint density at radius 2 is 1.36 bits per heavy atom. The molecule has 9 nitrogen and oxygen atoms in total. The Morgan fingerprint density at radius 3 is 1.95 bits per heavy atom. The summed E-state index contributed by atoms with van der Waals surface area (Å²) in [5.41, 5.74) is 0. The zero-order valence-corrected chi connectivity index (χ0v) is 26.6. The Kier molecular flexibility index (Phi) is 27.2. The summed E-state index contributed by atoms with van der Waals surface area (Å²) < 4.78 is 26.4. The molecule has 2 atom stereocenters. The van der Waals surface area contributed by atoms with Gasteiger partial charge in [0.15, 0.2) is 0 Å². The molecule has 0 aliphatic rings. The van der Waals surface area contributed by atoms with Crippen LogP contribution < -0.4 is 5.32 Å². The molecular formula is C32H54NO8P. The monoisotopic (exact) mass is 611 g/mol. The maximum Gasteiger partial charge on any atom is 0.472 e. The molecule has 0 bridgehead atoms. The first-order valence-corrected chi connectivity index (χ1v) is 16.8. The topological polar surface area (TPSA) is 131 Å². The summed E-state index contributed by atoms with van der Waals surface area (Å²) in [6, 6.07) is 0. The minimum atomic E-state index is -4.41. The number of aliphatic hydroxyl groups excluding tert-OH is 1. The largest absolute Gasteiger partial charge is 0.472 e. The SMILES string of the molecule is CC/C=C\C/C=C\C/C=C\C/C=C\C/C=C\CCCC(=O)NCCOP(=O)(O)OCC(O)COC(=O)CCCCCC. The van der Waals surface area contributed by atoms with Crippen molar-refractivity contribution in [3.63, 3.8) is 0 Å². The molecule has 240 valence electrons. The maximum absolute atomic E-state index is 11.9. The minimum absolute atomic E-state index is 0.0482. The molecule has 0 aromatic carbocycles. The van der Waals surface area contributed by atoms with Gasteiger partial charge in [0.25, 0.3) is 0 Å². The first-order valence-electron chi connectivity index (χ1n) is 15.3. The molecule has 0 saturated carbocycles. The van der Waals surface area contributed by atoms with Gasteiger partial charge in [0, 0.05) is 19.4 Å². The van der Waals surface area contributed by atoms with E-state index < -0.39 is 26.5 Å². The molecular weight excluding hydrogens is 557 g/mol. The first-order chi connectivity index (χ1) is 20.3. The van der Waals surface area contributed by atoms with E-state index in [1.807, 2.05) is 0 Å². The quantitative estimate of drug-likeness (QED) is 0.0390. The number of rotatable bonds is 27. The average molecular weight is 612 g/mol. The summed E-state index contributed by atoms with van der Waals surface area (Å²) in [5.74, 6) is -0.603. The number of nitrogens with one attached hydrogen (secondary N) is 1. The van der Waals surface area contributed by atoms with Gasteiger partial charge in [-0.05, 0) is 51.4 Å². The van der Waals surface area contributed by atoms with Crippen LogP contribution >= 0.6 is 7.82 Å². The van der Waals surface area contributed by atoms with E-state index in [0.717, 1.165) is 64.2 Å². The number of unbranched alkanes of at least 4 members (excludes halogenated alkanes) is 4. The van der Waals surface area contributed by atoms with E-state index in [1.165, 1.54) is 0 Å². The minimum Gasteiger partial charge on any atom is -0.463 e. The summed E-state index contributed by atoms with van der Waals surface area (Å²) >= 11 is 0. The van der Waals surface area contributed by atoms with E-state index in [9.17, 15) is 24.2 Å². The number of aliphatic hydroxyl groups is 1. The van der Waals surface area contributed by atoms with E-state index in [4.69, 9.17) is 13.8 Å². The predicted molar refractivity (Wildman–Crippen MR) is 169 cm³/mol. The average Bonchev–Trinajstić information content (AvgIpc) is 2.97. The smallest absolute Gasteiger partial charge is 0.463 e. The van der Waals surface area contributed by atoms with Crippen molar-refractivity contribution in [1.82, 2.24) is 5.32 Å². The Bertz CT molecular complexity index is 882. The van der Waals surface area contributed by atoms with E-state index in [2.05, 4.69) is 79.9 Å². The van der Waals surface area contributed by atoms with E-state index in [-0.39, 0.29) is 32.1 Å². The van der Waals surface area contributed by atoms with Gasteiger partial charge >= 0.3 is 13.8 Å². The van der Waals surface area contributed by atoms with Crippen LogP contribution in [-0.2, 0) is 27.9 Å². The number of allylic oxidation sites excluding steroid dienone is 10. The highest BCUT2D eigenvalue weighted by molar-refractivity contribution is 7.47. The van der Waals surface area contributed by atoms with Crippen LogP contribution in [-0.4, -0.2) is 54.3 Å². The number of phosphoric ester groups is 1. The fraction of sp³-hybridized carbons (Fsp3) is 0.625. The summed E-state index contributed by atoms with van der Waals surface area (Å²) in [5, 5.41) is 12.4. The third-order valence-electron chi connectivity index (χ3n) is 5.71. The number of amides is 1. The Labute approximate surface area is 253 Å². The standard InChI is InChI=1S/C32H54NO8P/c1-3-5-7-9-10-11-12-13-14-15-16-17-18-19-20-21-22-24-31(35)33-26-27-40-42(37,38)41-29-30(34)28-39-32(36)25-23-8-6-4-2/h5,7,10-11,13-14,16-17,19-20,30,34H,3-4,6,8-9,12,15,18,21-29H2,1-2H3,(H,33,35)(H,37,38)/b7-5-,11-10-,14-13-,17-16-,20-19-. The van der Waals surface area contributed by atoms with E-state index in [0.29, 0.717) is 12.8 Å². The Morgan fingerprint density at radius 1 is 0.762 bits per heavy atom. The molecule has 0 heterocycles. The predicted octanol–water partition coefficient (Wildman–Crippen LogP) is 7.03. The van der Waals surface area contributed by atoms with Crippen LogP contribution in [0.5, 0.6) is 0 Å². The lowest BCUT2D eigenvalue weighted by Gasteiger charge is -2.15. The van der Waals surface area contributed by atoms with Crippen molar-refractivity contribution in [3.05, 3.63) is 60.8 Å². The van der Waals surface area contributed by atoms with Crippen LogP contribution in [0.1, 0.15) is 97.3 Å². The van der Waals surface area contributed by atoms with Gasteiger partial charge in [-0.2, -0.15) is 0 Å². The second kappa shape index (κ2) is 28.8. The van der Waals surface area contributed by atoms with Crippen molar-refractivity contribution in [2.24, 2.45) is 0 Å². The lowest BCUT2D eigenvalue weighted by Crippen LogP contribution is -2.27. The maximum atomic E-state index is 11.9. The van der Waals surface area contributed by atoms with Gasteiger partial charge in [-0.15, -0.1) is 0 Å². The molecule has 0 aromatic rings. The Hall–Kier alpha value is -2.29. The molecule has 0 rings (SSSR count). The zero-order chi connectivity index (χ0) is 31.2. The van der Waals surface area contributed by atoms with Crippen molar-refractivity contribution in [3.8, 4) is 0 Å². The molecule has 0 saturated heterocycles. The summed E-state index contributed by atoms with van der Waals surface area (Å²) in [4.78, 5) is 33.2. The lowest BCUT2D eigenvalue weighted by molar-refractivity contribution is -0.147. The highest BCUT2D eigenvalue weighted by Gasteiger charge is 2.23. The number of esters is 1. The van der Waals surface area contributed by atoms with Gasteiger partial charge in [0.2, 0.25) is 5.91 Å². The number of hydrogen-bond acceptors (Lipinski definition) is 7. The van der Waals surface area contributed by atoms with E-state index in [1.54, 1.807) is 0 Å². The van der Waals surface area contributed by atoms with E-state index >= 15 is 0 Å². The molecule has 0 radical (unpaired) electrons. The van der Waals surface area contributed by atoms with Gasteiger partial charge in [-0.3, -0.25) is 18.6 Å². The third kappa shape index (κ3) is 29.2. The molecule has 3 N–H and O–H groups in total. The molecule has 10 heteroatoms. The second-order valence-electron chi connectivity index (χ2n) is 9.70. The molecule has 0 aliphatic carbocycles. The molecule has 0 aliphatic heterocycles. The molecule has 2 unspecified atom stereocenters. The summed E-state index contributed by atoms with van der Waals surface area (Å²) in [7, 11) is -4.41. The van der Waals surface area contributed by atoms with Crippen molar-refractivity contribution in [1.29, 1.82) is 0 Å². The second-order valence-corrected chi connectivity index (χ2v) is 11.1. The number of carbonyl (C=O) groups is 2. The number of ether oxygens (including phenoxy) is 1. The molecule has 42 heavy (non-hydrogen) atoms. The number of phosphoric acid groups is 1. The molecule has 0 fully saturated rings. The normalized spacial score (nSPS) is 14.5. The summed E-state index contributed by atoms with van der Waals surface area (Å²) in [6.07, 6.45) is 30.8. The van der Waals surface area contributed by atoms with Gasteiger partial charge < -0.3 is 20.1 Å². The first kappa shape index (κ1) is 39.7. The van der Waals surface area contributed by atoms with Crippen LogP contribution in [0.3, 0.4) is 0 Å². The van der Waals surface area contributed by atoms with Gasteiger partial charge in [0.1, 0.15) is 12.7 Å². The van der Waals surface area contributed by atoms with Gasteiger partial charge in [-0.25, -0.2) is 4.57 Å². The molecule has 1 amide bonds. The van der Waals surface area contributed by atoms with Crippen molar-refractivity contribution < 1.29 is 37.9 Å². The fourth-order valence-electron chi connectivity index (χ4n) is 3.41. The van der Waals surface area contributed by atoms with Crippen LogP contribution in [0.15, 0.2) is 60.8 Å². The highest BCUT2D eigenvalue weighted by Crippen LogP contribution is 2.42. The summed E-state index contributed by atoms with van der Waals surface area (Å²) in [6.45, 7) is 3.17. The number of carbonyl (C=O) groups excluding carboxylic acids is 2. The van der Waals surface area contributed by atoms with Crippen LogP contribution in [0, 0.1) is 0 Å². The fourth-order valence-corrected chi connectivity index (χ4v) is 4.17. The Balaban J connectivity index is 3.77.